The van der Waals surface area contributed by atoms with Gasteiger partial charge in [-0.1, -0.05) is 12.1 Å². The molecule has 16 heavy (non-hydrogen) atoms. The molecule has 0 aliphatic carbocycles. The Morgan fingerprint density at radius 1 is 1.44 bits per heavy atom. The first-order chi connectivity index (χ1) is 7.78. The van der Waals surface area contributed by atoms with E-state index in [1.54, 1.807) is 0 Å². The molecule has 5 nitrogen and oxygen atoms in total. The second-order valence-corrected chi connectivity index (χ2v) is 4.32. The van der Waals surface area contributed by atoms with Gasteiger partial charge in [0.15, 0.2) is 5.82 Å². The first-order valence-corrected chi connectivity index (χ1v) is 6.00. The number of aliphatic hydroxyl groups is 1. The molecule has 5 heteroatoms. The molecule has 1 fully saturated rings. The Hall–Kier alpha value is -0.940. The number of aromatic nitrogens is 2. The summed E-state index contributed by atoms with van der Waals surface area (Å²) in [5, 5.41) is 13.5. The molecular formula is C11H19N3O2. The number of aryl methyl sites for hydroxylation is 1. The van der Waals surface area contributed by atoms with E-state index in [4.69, 9.17) is 4.52 Å². The summed E-state index contributed by atoms with van der Waals surface area (Å²) in [4.78, 5) is 6.57. The van der Waals surface area contributed by atoms with Crippen LogP contribution in [-0.2, 0) is 13.0 Å². The number of likely N-dealkylation sites (tertiary alicyclic amines) is 1. The predicted molar refractivity (Wildman–Crippen MR) is 58.8 cm³/mol. The van der Waals surface area contributed by atoms with E-state index >= 15 is 0 Å². The summed E-state index contributed by atoms with van der Waals surface area (Å²) >= 11 is 0. The molecule has 1 N–H and O–H groups in total. The van der Waals surface area contributed by atoms with Gasteiger partial charge < -0.3 is 9.63 Å². The molecule has 0 amide bonds. The van der Waals surface area contributed by atoms with Crippen molar-refractivity contribution in [3.8, 4) is 0 Å². The SMILES string of the molecule is CCc1nc(CN2CCC[C@H](O)CC2)no1. The Morgan fingerprint density at radius 2 is 2.31 bits per heavy atom. The third kappa shape index (κ3) is 3.02. The number of hydrogen-bond donors (Lipinski definition) is 1. The van der Waals surface area contributed by atoms with Crippen LogP contribution in [0.2, 0.25) is 0 Å². The van der Waals surface area contributed by atoms with Crippen LogP contribution in [0.1, 0.15) is 37.9 Å². The van der Waals surface area contributed by atoms with Gasteiger partial charge in [0.25, 0.3) is 0 Å². The van der Waals surface area contributed by atoms with Crippen molar-refractivity contribution in [2.75, 3.05) is 13.1 Å². The highest BCUT2D eigenvalue weighted by Gasteiger charge is 2.16. The molecule has 90 valence electrons. The third-order valence-corrected chi connectivity index (χ3v) is 2.97. The monoisotopic (exact) mass is 225 g/mol. The maximum Gasteiger partial charge on any atom is 0.226 e. The van der Waals surface area contributed by atoms with Crippen LogP contribution in [0.15, 0.2) is 4.52 Å². The van der Waals surface area contributed by atoms with Crippen LogP contribution in [0.3, 0.4) is 0 Å². The van der Waals surface area contributed by atoms with Crippen molar-refractivity contribution in [3.63, 3.8) is 0 Å². The number of rotatable bonds is 3. The summed E-state index contributed by atoms with van der Waals surface area (Å²) < 4.78 is 5.07. The lowest BCUT2D eigenvalue weighted by atomic mass is 10.2. The Morgan fingerprint density at radius 3 is 3.06 bits per heavy atom. The summed E-state index contributed by atoms with van der Waals surface area (Å²) in [5.41, 5.74) is 0. The van der Waals surface area contributed by atoms with E-state index < -0.39 is 0 Å². The lowest BCUT2D eigenvalue weighted by Gasteiger charge is -2.17. The first-order valence-electron chi connectivity index (χ1n) is 6.00. The van der Waals surface area contributed by atoms with Crippen LogP contribution < -0.4 is 0 Å². The molecular weight excluding hydrogens is 206 g/mol. The largest absolute Gasteiger partial charge is 0.393 e. The van der Waals surface area contributed by atoms with Gasteiger partial charge in [-0.15, -0.1) is 0 Å². The molecule has 1 aromatic rings. The zero-order valence-corrected chi connectivity index (χ0v) is 9.72. The van der Waals surface area contributed by atoms with Crippen molar-refractivity contribution in [3.05, 3.63) is 11.7 Å². The molecule has 2 rings (SSSR count). The van der Waals surface area contributed by atoms with Gasteiger partial charge in [0.2, 0.25) is 5.89 Å². The summed E-state index contributed by atoms with van der Waals surface area (Å²) in [6.07, 6.45) is 3.44. The molecule has 0 bridgehead atoms. The second kappa shape index (κ2) is 5.41. The number of nitrogens with zero attached hydrogens (tertiary/aromatic N) is 3. The van der Waals surface area contributed by atoms with E-state index in [9.17, 15) is 5.11 Å². The predicted octanol–water partition coefficient (Wildman–Crippen LogP) is 0.979. The molecule has 1 aliphatic heterocycles. The fourth-order valence-electron chi connectivity index (χ4n) is 1.99. The number of hydrogen-bond acceptors (Lipinski definition) is 5. The van der Waals surface area contributed by atoms with Crippen molar-refractivity contribution < 1.29 is 9.63 Å². The molecule has 1 aromatic heterocycles. The topological polar surface area (TPSA) is 62.4 Å². The van der Waals surface area contributed by atoms with Gasteiger partial charge in [0, 0.05) is 13.0 Å². The van der Waals surface area contributed by atoms with Crippen molar-refractivity contribution in [1.29, 1.82) is 0 Å². The summed E-state index contributed by atoms with van der Waals surface area (Å²) in [7, 11) is 0. The van der Waals surface area contributed by atoms with E-state index in [2.05, 4.69) is 15.0 Å². The van der Waals surface area contributed by atoms with Crippen molar-refractivity contribution in [1.82, 2.24) is 15.0 Å². The summed E-state index contributed by atoms with van der Waals surface area (Å²) in [6, 6.07) is 0. The average Bonchev–Trinajstić information content (AvgIpc) is 2.63. The standard InChI is InChI=1S/C11H19N3O2/c1-2-11-12-10(13-16-11)8-14-6-3-4-9(15)5-7-14/h9,15H,2-8H2,1H3/t9-/m0/s1. The quantitative estimate of drug-likeness (QED) is 0.830. The highest BCUT2D eigenvalue weighted by atomic mass is 16.5. The van der Waals surface area contributed by atoms with Crippen molar-refractivity contribution >= 4 is 0 Å². The normalized spacial score (nSPS) is 23.2. The van der Waals surface area contributed by atoms with E-state index in [1.807, 2.05) is 6.92 Å². The van der Waals surface area contributed by atoms with Crippen LogP contribution in [0.4, 0.5) is 0 Å². The molecule has 1 aliphatic rings. The van der Waals surface area contributed by atoms with Crippen LogP contribution in [0.5, 0.6) is 0 Å². The second-order valence-electron chi connectivity index (χ2n) is 4.32. The van der Waals surface area contributed by atoms with Gasteiger partial charge in [-0.05, 0) is 25.8 Å². The minimum atomic E-state index is -0.138. The molecule has 2 heterocycles. The van der Waals surface area contributed by atoms with Crippen LogP contribution in [-0.4, -0.2) is 39.3 Å². The van der Waals surface area contributed by atoms with Gasteiger partial charge in [-0.2, -0.15) is 4.98 Å². The Kier molecular flexibility index (Phi) is 3.90. The molecule has 1 atom stereocenters. The summed E-state index contributed by atoms with van der Waals surface area (Å²) in [5.74, 6) is 1.46. The minimum Gasteiger partial charge on any atom is -0.393 e. The molecule has 1 saturated heterocycles. The van der Waals surface area contributed by atoms with Gasteiger partial charge in [-0.25, -0.2) is 0 Å². The molecule has 0 saturated carbocycles. The maximum absolute atomic E-state index is 9.54. The molecule has 0 spiro atoms. The Balaban J connectivity index is 1.88. The first kappa shape index (κ1) is 11.5. The Bertz CT molecular complexity index is 327. The van der Waals surface area contributed by atoms with Gasteiger partial charge in [0.1, 0.15) is 0 Å². The van der Waals surface area contributed by atoms with Gasteiger partial charge >= 0.3 is 0 Å². The van der Waals surface area contributed by atoms with E-state index in [1.165, 1.54) is 0 Å². The highest BCUT2D eigenvalue weighted by Crippen LogP contribution is 2.12. The van der Waals surface area contributed by atoms with E-state index in [0.717, 1.165) is 51.1 Å². The zero-order chi connectivity index (χ0) is 11.4. The fourth-order valence-corrected chi connectivity index (χ4v) is 1.99. The van der Waals surface area contributed by atoms with Gasteiger partial charge in [0.05, 0.1) is 12.6 Å². The van der Waals surface area contributed by atoms with Crippen molar-refractivity contribution in [2.24, 2.45) is 0 Å². The smallest absolute Gasteiger partial charge is 0.226 e. The maximum atomic E-state index is 9.54. The lowest BCUT2D eigenvalue weighted by Crippen LogP contribution is -2.25. The molecule has 0 radical (unpaired) electrons. The van der Waals surface area contributed by atoms with Crippen molar-refractivity contribution in [2.45, 2.75) is 45.3 Å². The van der Waals surface area contributed by atoms with Crippen LogP contribution in [0, 0.1) is 0 Å². The molecule has 0 aromatic carbocycles. The van der Waals surface area contributed by atoms with Gasteiger partial charge in [-0.3, -0.25) is 4.90 Å². The van der Waals surface area contributed by atoms with E-state index in [-0.39, 0.29) is 6.10 Å². The summed E-state index contributed by atoms with van der Waals surface area (Å²) in [6.45, 7) is 4.65. The van der Waals surface area contributed by atoms with Crippen LogP contribution >= 0.6 is 0 Å². The Labute approximate surface area is 95.4 Å². The zero-order valence-electron chi connectivity index (χ0n) is 9.72. The fraction of sp³-hybridized carbons (Fsp3) is 0.818. The number of aliphatic hydroxyl groups excluding tert-OH is 1. The third-order valence-electron chi connectivity index (χ3n) is 2.97. The molecule has 0 unspecified atom stereocenters. The van der Waals surface area contributed by atoms with E-state index in [0.29, 0.717) is 5.89 Å². The average molecular weight is 225 g/mol. The highest BCUT2D eigenvalue weighted by molar-refractivity contribution is 4.86. The lowest BCUT2D eigenvalue weighted by molar-refractivity contribution is 0.154. The van der Waals surface area contributed by atoms with Crippen LogP contribution in [0.25, 0.3) is 0 Å². The minimum absolute atomic E-state index is 0.138.